The summed E-state index contributed by atoms with van der Waals surface area (Å²) in [6, 6.07) is 5.56. The zero-order valence-corrected chi connectivity index (χ0v) is 19.6. The Kier molecular flexibility index (Phi) is 6.12. The molecule has 0 radical (unpaired) electrons. The Morgan fingerprint density at radius 1 is 1.09 bits per heavy atom. The first-order valence-electron chi connectivity index (χ1n) is 11.9. The highest BCUT2D eigenvalue weighted by Gasteiger charge is 2.27. The molecule has 34 heavy (non-hydrogen) atoms. The van der Waals surface area contributed by atoms with Gasteiger partial charge in [0.05, 0.1) is 23.6 Å². The van der Waals surface area contributed by atoms with Gasteiger partial charge in [0, 0.05) is 49.9 Å². The molecule has 1 aliphatic heterocycles. The number of amides is 1. The number of piperidine rings is 1. The third-order valence-corrected chi connectivity index (χ3v) is 6.53. The van der Waals surface area contributed by atoms with E-state index < -0.39 is 0 Å². The van der Waals surface area contributed by atoms with Crippen molar-refractivity contribution in [3.63, 3.8) is 0 Å². The number of carbonyl (C=O) groups is 1. The molecule has 5 rings (SSSR count). The van der Waals surface area contributed by atoms with Crippen LogP contribution in [0.25, 0.3) is 5.82 Å². The van der Waals surface area contributed by atoms with E-state index in [1.165, 1.54) is 0 Å². The first-order chi connectivity index (χ1) is 16.5. The standard InChI is InChI=1S/C24H30N8O2/c1-16-10-17(2)32(29-16)22-12-21(26-14-27-22)30-8-3-4-19(13-30)24(34)25-7-9-31-15-28-20(11-23(31)33)18-5-6-18/h10-12,14-15,18-19H,3-9,13H2,1-2H3,(H,25,34). The van der Waals surface area contributed by atoms with Gasteiger partial charge in [0.1, 0.15) is 12.1 Å². The third kappa shape index (κ3) is 4.85. The average Bonchev–Trinajstić information content (AvgIpc) is 3.64. The van der Waals surface area contributed by atoms with Gasteiger partial charge >= 0.3 is 0 Å². The van der Waals surface area contributed by atoms with Crippen molar-refractivity contribution in [2.45, 2.75) is 52.0 Å². The SMILES string of the molecule is Cc1cc(C)n(-c2cc(N3CCCC(C(=O)NCCn4cnc(C5CC5)cc4=O)C3)ncn2)n1. The lowest BCUT2D eigenvalue weighted by atomic mass is 9.97. The lowest BCUT2D eigenvalue weighted by Gasteiger charge is -2.33. The number of hydrogen-bond donors (Lipinski definition) is 1. The molecule has 1 unspecified atom stereocenters. The molecule has 10 heteroatoms. The molecule has 4 heterocycles. The summed E-state index contributed by atoms with van der Waals surface area (Å²) in [6.45, 7) is 6.19. The van der Waals surface area contributed by atoms with E-state index in [0.717, 1.165) is 55.1 Å². The van der Waals surface area contributed by atoms with Crippen LogP contribution in [0.1, 0.15) is 48.7 Å². The summed E-state index contributed by atoms with van der Waals surface area (Å²) in [7, 11) is 0. The normalized spacial score (nSPS) is 18.2. The highest BCUT2D eigenvalue weighted by Crippen LogP contribution is 2.38. The van der Waals surface area contributed by atoms with Crippen LogP contribution in [-0.2, 0) is 11.3 Å². The number of nitrogens with zero attached hydrogens (tertiary/aromatic N) is 7. The molecule has 2 aliphatic rings. The van der Waals surface area contributed by atoms with Crippen LogP contribution in [0.4, 0.5) is 5.82 Å². The second-order valence-corrected chi connectivity index (χ2v) is 9.27. The fourth-order valence-electron chi connectivity index (χ4n) is 4.54. The largest absolute Gasteiger partial charge is 0.356 e. The molecule has 1 saturated carbocycles. The molecule has 10 nitrogen and oxygen atoms in total. The zero-order valence-electron chi connectivity index (χ0n) is 19.6. The molecule has 2 fully saturated rings. The van der Waals surface area contributed by atoms with Gasteiger partial charge in [-0.15, -0.1) is 0 Å². The van der Waals surface area contributed by atoms with Crippen LogP contribution in [0.5, 0.6) is 0 Å². The number of carbonyl (C=O) groups excluding carboxylic acids is 1. The summed E-state index contributed by atoms with van der Waals surface area (Å²) in [4.78, 5) is 40.5. The molecule has 1 aliphatic carbocycles. The minimum atomic E-state index is -0.132. The van der Waals surface area contributed by atoms with Crippen LogP contribution >= 0.6 is 0 Å². The van der Waals surface area contributed by atoms with Crippen molar-refractivity contribution in [2.75, 3.05) is 24.5 Å². The maximum Gasteiger partial charge on any atom is 0.253 e. The molecule has 0 aromatic carbocycles. The topological polar surface area (TPSA) is 111 Å². The first-order valence-corrected chi connectivity index (χ1v) is 11.9. The smallest absolute Gasteiger partial charge is 0.253 e. The van der Waals surface area contributed by atoms with E-state index >= 15 is 0 Å². The van der Waals surface area contributed by atoms with Crippen molar-refractivity contribution >= 4 is 11.7 Å². The Bertz CT molecular complexity index is 1250. The molecule has 0 spiro atoms. The second-order valence-electron chi connectivity index (χ2n) is 9.27. The Morgan fingerprint density at radius 2 is 1.91 bits per heavy atom. The number of rotatable bonds is 7. The molecule has 1 saturated heterocycles. The van der Waals surface area contributed by atoms with Gasteiger partial charge < -0.3 is 10.2 Å². The lowest BCUT2D eigenvalue weighted by molar-refractivity contribution is -0.125. The Hall–Kier alpha value is -3.56. The summed E-state index contributed by atoms with van der Waals surface area (Å²) in [6.07, 6.45) is 7.11. The van der Waals surface area contributed by atoms with E-state index in [-0.39, 0.29) is 17.4 Å². The molecular weight excluding hydrogens is 432 g/mol. The zero-order chi connectivity index (χ0) is 23.7. The molecule has 1 atom stereocenters. The number of hydrogen-bond acceptors (Lipinski definition) is 7. The van der Waals surface area contributed by atoms with Gasteiger partial charge in [-0.25, -0.2) is 19.6 Å². The highest BCUT2D eigenvalue weighted by molar-refractivity contribution is 5.79. The molecular formula is C24H30N8O2. The summed E-state index contributed by atoms with van der Waals surface area (Å²) in [5.74, 6) is 1.84. The van der Waals surface area contributed by atoms with Crippen molar-refractivity contribution in [3.05, 3.63) is 58.3 Å². The van der Waals surface area contributed by atoms with E-state index in [0.29, 0.717) is 31.4 Å². The van der Waals surface area contributed by atoms with Crippen LogP contribution in [-0.4, -0.2) is 54.8 Å². The minimum absolute atomic E-state index is 0.00753. The fourth-order valence-corrected chi connectivity index (χ4v) is 4.54. The van der Waals surface area contributed by atoms with Gasteiger partial charge in [-0.1, -0.05) is 0 Å². The predicted molar refractivity (Wildman–Crippen MR) is 127 cm³/mol. The fraction of sp³-hybridized carbons (Fsp3) is 0.500. The van der Waals surface area contributed by atoms with Gasteiger partial charge in [-0.3, -0.25) is 14.2 Å². The number of nitrogens with one attached hydrogen (secondary N) is 1. The van der Waals surface area contributed by atoms with Crippen molar-refractivity contribution in [1.29, 1.82) is 0 Å². The average molecular weight is 463 g/mol. The maximum absolute atomic E-state index is 12.8. The predicted octanol–water partition coefficient (Wildman–Crippen LogP) is 1.75. The van der Waals surface area contributed by atoms with Gasteiger partial charge in [0.25, 0.3) is 5.56 Å². The van der Waals surface area contributed by atoms with Gasteiger partial charge in [-0.2, -0.15) is 5.10 Å². The van der Waals surface area contributed by atoms with Gasteiger partial charge in [0.2, 0.25) is 5.91 Å². The summed E-state index contributed by atoms with van der Waals surface area (Å²) >= 11 is 0. The maximum atomic E-state index is 12.8. The van der Waals surface area contributed by atoms with Crippen LogP contribution in [0, 0.1) is 19.8 Å². The van der Waals surface area contributed by atoms with Crippen molar-refractivity contribution in [1.82, 2.24) is 34.6 Å². The van der Waals surface area contributed by atoms with Crippen molar-refractivity contribution < 1.29 is 4.79 Å². The number of aryl methyl sites for hydroxylation is 2. The van der Waals surface area contributed by atoms with Crippen molar-refractivity contribution in [2.24, 2.45) is 5.92 Å². The van der Waals surface area contributed by atoms with Gasteiger partial charge in [-0.05, 0) is 45.6 Å². The molecule has 1 N–H and O–H groups in total. The minimum Gasteiger partial charge on any atom is -0.356 e. The Balaban J connectivity index is 1.18. The second kappa shape index (κ2) is 9.36. The summed E-state index contributed by atoms with van der Waals surface area (Å²) in [5, 5.41) is 7.50. The summed E-state index contributed by atoms with van der Waals surface area (Å²) in [5.41, 5.74) is 2.77. The Labute approximate surface area is 198 Å². The third-order valence-electron chi connectivity index (χ3n) is 6.53. The lowest BCUT2D eigenvalue weighted by Crippen LogP contribution is -2.44. The highest BCUT2D eigenvalue weighted by atomic mass is 16.2. The molecule has 178 valence electrons. The van der Waals surface area contributed by atoms with Crippen LogP contribution in [0.2, 0.25) is 0 Å². The molecule has 3 aromatic rings. The van der Waals surface area contributed by atoms with Gasteiger partial charge in [0.15, 0.2) is 5.82 Å². The van der Waals surface area contributed by atoms with Crippen LogP contribution in [0.3, 0.4) is 0 Å². The van der Waals surface area contributed by atoms with E-state index in [4.69, 9.17) is 0 Å². The van der Waals surface area contributed by atoms with E-state index in [1.54, 1.807) is 23.3 Å². The molecule has 0 bridgehead atoms. The quantitative estimate of drug-likeness (QED) is 0.569. The van der Waals surface area contributed by atoms with E-state index in [1.807, 2.05) is 30.7 Å². The number of aromatic nitrogens is 6. The molecule has 1 amide bonds. The van der Waals surface area contributed by atoms with Crippen LogP contribution < -0.4 is 15.8 Å². The van der Waals surface area contributed by atoms with Crippen molar-refractivity contribution in [3.8, 4) is 5.82 Å². The number of anilines is 1. The monoisotopic (exact) mass is 462 g/mol. The van der Waals surface area contributed by atoms with E-state index in [2.05, 4.69) is 30.3 Å². The first kappa shape index (κ1) is 22.2. The van der Waals surface area contributed by atoms with Crippen LogP contribution in [0.15, 0.2) is 35.6 Å². The Morgan fingerprint density at radius 3 is 2.65 bits per heavy atom. The summed E-state index contributed by atoms with van der Waals surface area (Å²) < 4.78 is 3.36. The van der Waals surface area contributed by atoms with E-state index in [9.17, 15) is 9.59 Å². The molecule has 3 aromatic heterocycles.